The number of rotatable bonds is 2. The van der Waals surface area contributed by atoms with E-state index in [1.165, 1.54) is 18.5 Å². The van der Waals surface area contributed by atoms with E-state index in [-0.39, 0.29) is 22.9 Å². The average Bonchev–Trinajstić information content (AvgIpc) is 2.67. The van der Waals surface area contributed by atoms with Crippen molar-refractivity contribution in [2.24, 2.45) is 0 Å². The summed E-state index contributed by atoms with van der Waals surface area (Å²) in [5.74, 6) is 5.91. The lowest BCUT2D eigenvalue weighted by Gasteiger charge is -2.11. The molecule has 0 bridgehead atoms. The fourth-order valence-corrected chi connectivity index (χ4v) is 2.42. The van der Waals surface area contributed by atoms with Gasteiger partial charge in [-0.2, -0.15) is 13.2 Å². The van der Waals surface area contributed by atoms with Gasteiger partial charge in [-0.05, 0) is 36.4 Å². The van der Waals surface area contributed by atoms with Crippen molar-refractivity contribution in [3.05, 3.63) is 71.5 Å². The number of hydrogen-bond acceptors (Lipinski definition) is 5. The lowest BCUT2D eigenvalue weighted by Crippen LogP contribution is -2.19. The maximum Gasteiger partial charge on any atom is 0.416 e. The molecule has 0 saturated heterocycles. The van der Waals surface area contributed by atoms with Crippen LogP contribution in [0.1, 0.15) is 16.7 Å². The zero-order chi connectivity index (χ0) is 21.7. The van der Waals surface area contributed by atoms with Crippen LogP contribution < -0.4 is 22.1 Å². The van der Waals surface area contributed by atoms with E-state index in [4.69, 9.17) is 11.5 Å². The zero-order valence-electron chi connectivity index (χ0n) is 15.3. The van der Waals surface area contributed by atoms with Gasteiger partial charge in [0.05, 0.1) is 5.56 Å². The largest absolute Gasteiger partial charge is 0.416 e. The smallest absolute Gasteiger partial charge is 0.382 e. The van der Waals surface area contributed by atoms with Crippen molar-refractivity contribution in [3.63, 3.8) is 0 Å². The quantitative estimate of drug-likeness (QED) is 0.479. The van der Waals surface area contributed by atoms with Gasteiger partial charge in [0.15, 0.2) is 0 Å². The number of halogens is 3. The molecule has 0 spiro atoms. The second kappa shape index (κ2) is 8.40. The Bertz CT molecular complexity index is 1130. The van der Waals surface area contributed by atoms with E-state index in [9.17, 15) is 18.0 Å². The number of nitrogens with zero attached hydrogens (tertiary/aromatic N) is 2. The number of carbonyl (C=O) groups excluding carboxylic acids is 1. The fraction of sp³-hybridized carbons (Fsp3) is 0.0500. The van der Waals surface area contributed by atoms with Crippen LogP contribution in [-0.4, -0.2) is 16.0 Å². The number of hydrogen-bond donors (Lipinski definition) is 4. The molecular formula is C20H15F3N6O. The number of benzene rings is 2. The van der Waals surface area contributed by atoms with Crippen molar-refractivity contribution < 1.29 is 18.0 Å². The highest BCUT2D eigenvalue weighted by Crippen LogP contribution is 2.30. The molecule has 2 amide bonds. The van der Waals surface area contributed by atoms with Crippen molar-refractivity contribution in [2.45, 2.75) is 6.18 Å². The highest BCUT2D eigenvalue weighted by molar-refractivity contribution is 5.99. The van der Waals surface area contributed by atoms with E-state index in [1.807, 2.05) is 0 Å². The van der Waals surface area contributed by atoms with Crippen LogP contribution in [-0.2, 0) is 6.18 Å². The minimum Gasteiger partial charge on any atom is -0.382 e. The normalized spacial score (nSPS) is 10.6. The first-order valence-corrected chi connectivity index (χ1v) is 8.45. The molecule has 0 radical (unpaired) electrons. The monoisotopic (exact) mass is 412 g/mol. The van der Waals surface area contributed by atoms with Crippen LogP contribution in [0.4, 0.5) is 41.0 Å². The Morgan fingerprint density at radius 2 is 1.50 bits per heavy atom. The Kier molecular flexibility index (Phi) is 5.73. The molecule has 0 aliphatic carbocycles. The lowest BCUT2D eigenvalue weighted by molar-refractivity contribution is -0.137. The minimum atomic E-state index is -4.50. The van der Waals surface area contributed by atoms with E-state index in [1.54, 1.807) is 24.3 Å². The first-order chi connectivity index (χ1) is 14.2. The highest BCUT2D eigenvalue weighted by Gasteiger charge is 2.30. The van der Waals surface area contributed by atoms with Crippen LogP contribution >= 0.6 is 0 Å². The summed E-state index contributed by atoms with van der Waals surface area (Å²) >= 11 is 0. The van der Waals surface area contributed by atoms with Crippen molar-refractivity contribution in [3.8, 4) is 11.8 Å². The SMILES string of the molecule is Nc1ncnc(N)c1C#Cc1cccc(NC(=O)Nc2cccc(C(F)(F)F)c2)c1. The number of alkyl halides is 3. The van der Waals surface area contributed by atoms with E-state index in [0.29, 0.717) is 11.3 Å². The summed E-state index contributed by atoms with van der Waals surface area (Å²) in [7, 11) is 0. The molecule has 0 aliphatic heterocycles. The summed E-state index contributed by atoms with van der Waals surface area (Å²) in [4.78, 5) is 19.8. The second-order valence-electron chi connectivity index (χ2n) is 6.01. The summed E-state index contributed by atoms with van der Waals surface area (Å²) < 4.78 is 38.3. The van der Waals surface area contributed by atoms with Gasteiger partial charge < -0.3 is 22.1 Å². The van der Waals surface area contributed by atoms with Crippen molar-refractivity contribution in [1.82, 2.24) is 9.97 Å². The summed E-state index contributed by atoms with van der Waals surface area (Å²) in [6.07, 6.45) is -3.28. The first kappa shape index (κ1) is 20.5. The van der Waals surface area contributed by atoms with Crippen LogP contribution in [0.2, 0.25) is 0 Å². The van der Waals surface area contributed by atoms with Gasteiger partial charge in [-0.25, -0.2) is 14.8 Å². The molecule has 152 valence electrons. The molecule has 0 unspecified atom stereocenters. The topological polar surface area (TPSA) is 119 Å². The van der Waals surface area contributed by atoms with Gasteiger partial charge in [-0.1, -0.05) is 24.0 Å². The van der Waals surface area contributed by atoms with Crippen molar-refractivity contribution in [1.29, 1.82) is 0 Å². The van der Waals surface area contributed by atoms with Gasteiger partial charge >= 0.3 is 12.2 Å². The van der Waals surface area contributed by atoms with E-state index in [0.717, 1.165) is 12.1 Å². The Hall–Kier alpha value is -4.26. The summed E-state index contributed by atoms with van der Waals surface area (Å²) in [6.45, 7) is 0. The molecule has 0 saturated carbocycles. The first-order valence-electron chi connectivity index (χ1n) is 8.45. The maximum absolute atomic E-state index is 12.8. The Balaban J connectivity index is 1.72. The van der Waals surface area contributed by atoms with Crippen LogP contribution in [0.3, 0.4) is 0 Å². The number of nitrogens with two attached hydrogens (primary N) is 2. The molecule has 0 atom stereocenters. The number of nitrogens with one attached hydrogen (secondary N) is 2. The lowest BCUT2D eigenvalue weighted by atomic mass is 10.2. The van der Waals surface area contributed by atoms with Gasteiger partial charge in [0, 0.05) is 16.9 Å². The van der Waals surface area contributed by atoms with Crippen molar-refractivity contribution in [2.75, 3.05) is 22.1 Å². The van der Waals surface area contributed by atoms with Gasteiger partial charge in [0.25, 0.3) is 0 Å². The molecular weight excluding hydrogens is 397 g/mol. The van der Waals surface area contributed by atoms with Gasteiger partial charge in [-0.15, -0.1) is 0 Å². The van der Waals surface area contributed by atoms with Gasteiger partial charge in [0.1, 0.15) is 23.5 Å². The molecule has 0 fully saturated rings. The molecule has 1 aromatic heterocycles. The fourth-order valence-electron chi connectivity index (χ4n) is 2.42. The summed E-state index contributed by atoms with van der Waals surface area (Å²) in [6, 6.07) is 10.1. The van der Waals surface area contributed by atoms with Crippen LogP contribution in [0.15, 0.2) is 54.9 Å². The molecule has 10 heteroatoms. The number of urea groups is 1. The van der Waals surface area contributed by atoms with Crippen LogP contribution in [0.5, 0.6) is 0 Å². The second-order valence-corrected chi connectivity index (χ2v) is 6.01. The molecule has 30 heavy (non-hydrogen) atoms. The number of amides is 2. The third-order valence-corrected chi connectivity index (χ3v) is 3.81. The number of nitrogen functional groups attached to an aromatic ring is 2. The molecule has 0 aliphatic rings. The highest BCUT2D eigenvalue weighted by atomic mass is 19.4. The molecule has 2 aromatic carbocycles. The molecule has 3 aromatic rings. The number of carbonyl (C=O) groups is 1. The minimum absolute atomic E-state index is 0.00768. The third kappa shape index (κ3) is 5.17. The maximum atomic E-state index is 12.8. The molecule has 7 nitrogen and oxygen atoms in total. The zero-order valence-corrected chi connectivity index (χ0v) is 15.3. The predicted octanol–water partition coefficient (Wildman–Crippen LogP) is 3.70. The van der Waals surface area contributed by atoms with E-state index >= 15 is 0 Å². The molecule has 1 heterocycles. The Labute approximate surface area is 169 Å². The Morgan fingerprint density at radius 3 is 2.13 bits per heavy atom. The molecule has 6 N–H and O–H groups in total. The summed E-state index contributed by atoms with van der Waals surface area (Å²) in [5, 5.41) is 4.90. The predicted molar refractivity (Wildman–Crippen MR) is 107 cm³/mol. The average molecular weight is 412 g/mol. The third-order valence-electron chi connectivity index (χ3n) is 3.81. The van der Waals surface area contributed by atoms with Gasteiger partial charge in [0.2, 0.25) is 0 Å². The van der Waals surface area contributed by atoms with Crippen molar-refractivity contribution >= 4 is 29.0 Å². The van der Waals surface area contributed by atoms with E-state index in [2.05, 4.69) is 32.4 Å². The molecule has 3 rings (SSSR count). The summed E-state index contributed by atoms with van der Waals surface area (Å²) in [5.41, 5.74) is 11.8. The number of aromatic nitrogens is 2. The van der Waals surface area contributed by atoms with E-state index < -0.39 is 17.8 Å². The van der Waals surface area contributed by atoms with Crippen LogP contribution in [0.25, 0.3) is 0 Å². The van der Waals surface area contributed by atoms with Crippen LogP contribution in [0, 0.1) is 11.8 Å². The standard InChI is InChI=1S/C20H15F3N6O/c21-20(22,23)13-4-2-6-15(10-13)29-19(30)28-14-5-1-3-12(9-14)7-8-16-17(24)26-11-27-18(16)25/h1-6,9-11H,(H2,28,29,30)(H4,24,25,26,27). The number of anilines is 4. The Morgan fingerprint density at radius 1 is 0.900 bits per heavy atom. The van der Waals surface area contributed by atoms with Gasteiger partial charge in [-0.3, -0.25) is 0 Å².